The highest BCUT2D eigenvalue weighted by Crippen LogP contribution is 2.34. The molecule has 0 amide bonds. The lowest BCUT2D eigenvalue weighted by atomic mass is 9.97. The normalized spacial score (nSPS) is 12.3. The molecule has 1 rings (SSSR count). The fourth-order valence-corrected chi connectivity index (χ4v) is 1.79. The Morgan fingerprint density at radius 2 is 1.81 bits per heavy atom. The fraction of sp³-hybridized carbons (Fsp3) is 0.462. The van der Waals surface area contributed by atoms with Gasteiger partial charge in [0.1, 0.15) is 0 Å². The molecule has 0 bridgehead atoms. The second-order valence-corrected chi connectivity index (χ2v) is 4.64. The van der Waals surface area contributed by atoms with E-state index in [0.29, 0.717) is 6.07 Å². The summed E-state index contributed by atoms with van der Waals surface area (Å²) in [4.78, 5) is 10.8. The van der Waals surface area contributed by atoms with Crippen LogP contribution >= 0.6 is 0 Å². The van der Waals surface area contributed by atoms with Crippen LogP contribution in [0.5, 0.6) is 0 Å². The average Bonchev–Trinajstić information content (AvgIpc) is 2.43. The van der Waals surface area contributed by atoms with Gasteiger partial charge in [0.25, 0.3) is 0 Å². The summed E-state index contributed by atoms with van der Waals surface area (Å²) in [6, 6.07) is 2.65. The van der Waals surface area contributed by atoms with Crippen LogP contribution in [0.25, 0.3) is 0 Å². The second kappa shape index (κ2) is 6.31. The minimum Gasteiger partial charge on any atom is -0.478 e. The van der Waals surface area contributed by atoms with Crippen molar-refractivity contribution in [3.8, 4) is 0 Å². The third-order valence-electron chi connectivity index (χ3n) is 3.25. The molecule has 8 heteroatoms. The summed E-state index contributed by atoms with van der Waals surface area (Å²) in [5.41, 5.74) is -3.35. The smallest absolute Gasteiger partial charge is 0.417 e. The molecule has 0 heterocycles. The van der Waals surface area contributed by atoms with Crippen molar-refractivity contribution < 1.29 is 33.3 Å². The molecule has 1 aromatic carbocycles. The van der Waals surface area contributed by atoms with E-state index in [0.717, 1.165) is 12.1 Å². The van der Waals surface area contributed by atoms with Crippen LogP contribution < -0.4 is 5.32 Å². The lowest BCUT2D eigenvalue weighted by molar-refractivity contribution is -0.138. The molecule has 4 N–H and O–H groups in total. The molecule has 0 fully saturated rings. The van der Waals surface area contributed by atoms with Gasteiger partial charge in [-0.25, -0.2) is 4.79 Å². The fourth-order valence-electron chi connectivity index (χ4n) is 1.79. The zero-order valence-electron chi connectivity index (χ0n) is 11.2. The quantitative estimate of drug-likeness (QED) is 0.645. The summed E-state index contributed by atoms with van der Waals surface area (Å²) in [6.07, 6.45) is -4.55. The van der Waals surface area contributed by atoms with Gasteiger partial charge in [0.05, 0.1) is 29.9 Å². The summed E-state index contributed by atoms with van der Waals surface area (Å²) >= 11 is 0. The van der Waals surface area contributed by atoms with Gasteiger partial charge in [-0.1, -0.05) is 6.92 Å². The number of carboxylic acids is 1. The van der Waals surface area contributed by atoms with Crippen molar-refractivity contribution in [2.24, 2.45) is 0 Å². The van der Waals surface area contributed by atoms with Gasteiger partial charge >= 0.3 is 12.1 Å². The molecule has 0 aliphatic rings. The van der Waals surface area contributed by atoms with Gasteiger partial charge in [0, 0.05) is 5.69 Å². The number of carboxylic acid groups (broad SMARTS) is 1. The van der Waals surface area contributed by atoms with E-state index in [2.05, 4.69) is 5.32 Å². The van der Waals surface area contributed by atoms with Crippen LogP contribution in [-0.4, -0.2) is 40.0 Å². The van der Waals surface area contributed by atoms with Crippen LogP contribution in [-0.2, 0) is 6.18 Å². The zero-order chi connectivity index (χ0) is 16.3. The molecule has 1 aromatic rings. The standard InChI is InChI=1S/C13H16F3NO4/c1-2-12(6-18,7-19)17-8-3-4-9(11(20)21)10(5-8)13(14,15)16/h3-5,17-19H,2,6-7H2,1H3,(H,20,21). The number of hydrogen-bond acceptors (Lipinski definition) is 4. The molecule has 5 nitrogen and oxygen atoms in total. The average molecular weight is 307 g/mol. The number of aliphatic hydroxyl groups excluding tert-OH is 2. The molecule has 0 aliphatic heterocycles. The van der Waals surface area contributed by atoms with Crippen molar-refractivity contribution in [1.82, 2.24) is 0 Å². The molecule has 21 heavy (non-hydrogen) atoms. The first-order valence-corrected chi connectivity index (χ1v) is 6.13. The monoisotopic (exact) mass is 307 g/mol. The van der Waals surface area contributed by atoms with Crippen molar-refractivity contribution in [2.75, 3.05) is 18.5 Å². The Kier molecular flexibility index (Phi) is 5.19. The number of aromatic carboxylic acids is 1. The third kappa shape index (κ3) is 3.85. The lowest BCUT2D eigenvalue weighted by Gasteiger charge is -2.31. The van der Waals surface area contributed by atoms with E-state index >= 15 is 0 Å². The molecule has 0 spiro atoms. The van der Waals surface area contributed by atoms with Crippen LogP contribution in [0, 0.1) is 0 Å². The van der Waals surface area contributed by atoms with Gasteiger partial charge in [-0.2, -0.15) is 13.2 Å². The SMILES string of the molecule is CCC(CO)(CO)Nc1ccc(C(=O)O)c(C(F)(F)F)c1. The van der Waals surface area contributed by atoms with Crippen molar-refractivity contribution >= 4 is 11.7 Å². The topological polar surface area (TPSA) is 89.8 Å². The van der Waals surface area contributed by atoms with Gasteiger partial charge in [-0.15, -0.1) is 0 Å². The molecule has 118 valence electrons. The molecule has 0 aromatic heterocycles. The molecule has 0 saturated carbocycles. The number of rotatable bonds is 6. The van der Waals surface area contributed by atoms with Gasteiger partial charge in [-0.3, -0.25) is 0 Å². The molecule has 0 radical (unpaired) electrons. The summed E-state index contributed by atoms with van der Waals surface area (Å²) < 4.78 is 38.6. The van der Waals surface area contributed by atoms with Crippen molar-refractivity contribution in [1.29, 1.82) is 0 Å². The minimum atomic E-state index is -4.82. The zero-order valence-corrected chi connectivity index (χ0v) is 11.2. The number of nitrogens with one attached hydrogen (secondary N) is 1. The number of carbonyl (C=O) groups is 1. The van der Waals surface area contributed by atoms with Crippen LogP contribution in [0.2, 0.25) is 0 Å². The van der Waals surface area contributed by atoms with Crippen molar-refractivity contribution in [3.63, 3.8) is 0 Å². The Balaban J connectivity index is 3.26. The largest absolute Gasteiger partial charge is 0.478 e. The second-order valence-electron chi connectivity index (χ2n) is 4.64. The van der Waals surface area contributed by atoms with Gasteiger partial charge in [0.15, 0.2) is 0 Å². The summed E-state index contributed by atoms with van der Waals surface area (Å²) in [7, 11) is 0. The van der Waals surface area contributed by atoms with E-state index < -0.39 is 42.0 Å². The Bertz CT molecular complexity index is 504. The number of aliphatic hydroxyl groups is 2. The van der Waals surface area contributed by atoms with E-state index in [1.807, 2.05) is 0 Å². The molecule has 0 saturated heterocycles. The predicted molar refractivity (Wildman–Crippen MR) is 69.2 cm³/mol. The molecular weight excluding hydrogens is 291 g/mol. The molecule has 0 unspecified atom stereocenters. The molecule has 0 aliphatic carbocycles. The van der Waals surface area contributed by atoms with Gasteiger partial charge in [0.2, 0.25) is 0 Å². The lowest BCUT2D eigenvalue weighted by Crippen LogP contribution is -2.45. The highest BCUT2D eigenvalue weighted by molar-refractivity contribution is 5.90. The van der Waals surface area contributed by atoms with Gasteiger partial charge in [-0.05, 0) is 24.6 Å². The summed E-state index contributed by atoms with van der Waals surface area (Å²) in [5.74, 6) is -1.68. The molecular formula is C13H16F3NO4. The number of hydrogen-bond donors (Lipinski definition) is 4. The van der Waals surface area contributed by atoms with E-state index in [4.69, 9.17) is 5.11 Å². The number of anilines is 1. The molecule has 0 atom stereocenters. The van der Waals surface area contributed by atoms with Crippen molar-refractivity contribution in [3.05, 3.63) is 29.3 Å². The van der Waals surface area contributed by atoms with E-state index in [-0.39, 0.29) is 12.1 Å². The number of halogens is 3. The number of benzene rings is 1. The first kappa shape index (κ1) is 17.3. The maximum Gasteiger partial charge on any atom is 0.417 e. The Morgan fingerprint density at radius 1 is 1.24 bits per heavy atom. The van der Waals surface area contributed by atoms with E-state index in [9.17, 15) is 28.2 Å². The Labute approximate surface area is 119 Å². The Hall–Kier alpha value is -1.80. The highest BCUT2D eigenvalue weighted by Gasteiger charge is 2.36. The van der Waals surface area contributed by atoms with Crippen LogP contribution in [0.15, 0.2) is 18.2 Å². The number of alkyl halides is 3. The maximum atomic E-state index is 12.9. The highest BCUT2D eigenvalue weighted by atomic mass is 19.4. The van der Waals surface area contributed by atoms with E-state index in [1.54, 1.807) is 6.92 Å². The predicted octanol–water partition coefficient (Wildman–Crippen LogP) is 1.95. The summed E-state index contributed by atoms with van der Waals surface area (Å²) in [5, 5.41) is 30.0. The van der Waals surface area contributed by atoms with Crippen LogP contribution in [0.4, 0.5) is 18.9 Å². The maximum absolute atomic E-state index is 12.9. The van der Waals surface area contributed by atoms with Crippen LogP contribution in [0.1, 0.15) is 29.3 Å². The first-order valence-electron chi connectivity index (χ1n) is 6.13. The first-order chi connectivity index (χ1) is 9.69. The minimum absolute atomic E-state index is 0.0303. The van der Waals surface area contributed by atoms with E-state index in [1.165, 1.54) is 0 Å². The third-order valence-corrected chi connectivity index (χ3v) is 3.25. The van der Waals surface area contributed by atoms with Crippen molar-refractivity contribution in [2.45, 2.75) is 25.1 Å². The van der Waals surface area contributed by atoms with Crippen LogP contribution in [0.3, 0.4) is 0 Å². The summed E-state index contributed by atoms with van der Waals surface area (Å²) in [6.45, 7) is 0.680. The van der Waals surface area contributed by atoms with Gasteiger partial charge < -0.3 is 20.6 Å². The Morgan fingerprint density at radius 3 is 2.19 bits per heavy atom.